The van der Waals surface area contributed by atoms with Gasteiger partial charge in [-0.15, -0.1) is 0 Å². The predicted octanol–water partition coefficient (Wildman–Crippen LogP) is 1.59. The van der Waals surface area contributed by atoms with Crippen LogP contribution in [0.5, 0.6) is 0 Å². The third kappa shape index (κ3) is 2.78. The molecule has 0 bridgehead atoms. The number of para-hydroxylation sites is 2. The molecule has 0 spiro atoms. The summed E-state index contributed by atoms with van der Waals surface area (Å²) in [7, 11) is 3.83. The SMILES string of the molecule is CNC(=O)Cc1nc2ccccc2n1C1CCN(C)CC1. The van der Waals surface area contributed by atoms with Crippen LogP contribution in [0.25, 0.3) is 11.0 Å². The van der Waals surface area contributed by atoms with Crippen LogP contribution >= 0.6 is 0 Å². The van der Waals surface area contributed by atoms with Gasteiger partial charge in [-0.3, -0.25) is 4.79 Å². The van der Waals surface area contributed by atoms with Crippen molar-refractivity contribution in [1.29, 1.82) is 0 Å². The molecule has 1 saturated heterocycles. The lowest BCUT2D eigenvalue weighted by molar-refractivity contribution is -0.120. The highest BCUT2D eigenvalue weighted by Gasteiger charge is 2.23. The molecule has 2 heterocycles. The highest BCUT2D eigenvalue weighted by Crippen LogP contribution is 2.28. The Bertz CT molecular complexity index is 641. The lowest BCUT2D eigenvalue weighted by Gasteiger charge is -2.31. The number of hydrogen-bond acceptors (Lipinski definition) is 3. The molecule has 1 aromatic heterocycles. The average Bonchev–Trinajstić information content (AvgIpc) is 2.86. The number of hydrogen-bond donors (Lipinski definition) is 1. The zero-order valence-corrected chi connectivity index (χ0v) is 12.7. The molecule has 1 aliphatic rings. The van der Waals surface area contributed by atoms with Crippen molar-refractivity contribution in [3.63, 3.8) is 0 Å². The molecule has 0 unspecified atom stereocenters. The molecule has 1 aliphatic heterocycles. The van der Waals surface area contributed by atoms with E-state index in [-0.39, 0.29) is 5.91 Å². The Morgan fingerprint density at radius 3 is 2.76 bits per heavy atom. The number of likely N-dealkylation sites (N-methyl/N-ethyl adjacent to an activating group) is 1. The zero-order chi connectivity index (χ0) is 14.8. The molecule has 1 aromatic carbocycles. The van der Waals surface area contributed by atoms with Crippen molar-refractivity contribution in [3.05, 3.63) is 30.1 Å². The maximum absolute atomic E-state index is 11.8. The van der Waals surface area contributed by atoms with Crippen LogP contribution < -0.4 is 5.32 Å². The molecule has 3 rings (SSSR count). The van der Waals surface area contributed by atoms with Crippen LogP contribution in [0.15, 0.2) is 24.3 Å². The summed E-state index contributed by atoms with van der Waals surface area (Å²) < 4.78 is 2.29. The molecular formula is C16H22N4O. The summed E-state index contributed by atoms with van der Waals surface area (Å²) >= 11 is 0. The Morgan fingerprint density at radius 1 is 1.33 bits per heavy atom. The standard InChI is InChI=1S/C16H22N4O/c1-17-16(21)11-15-18-13-5-3-4-6-14(13)20(15)12-7-9-19(2)10-8-12/h3-6,12H,7-11H2,1-2H3,(H,17,21). The molecule has 0 aliphatic carbocycles. The van der Waals surface area contributed by atoms with Crippen molar-refractivity contribution in [2.75, 3.05) is 27.2 Å². The van der Waals surface area contributed by atoms with E-state index in [0.29, 0.717) is 12.5 Å². The molecule has 21 heavy (non-hydrogen) atoms. The van der Waals surface area contributed by atoms with Gasteiger partial charge in [0.05, 0.1) is 17.5 Å². The lowest BCUT2D eigenvalue weighted by Crippen LogP contribution is -2.32. The van der Waals surface area contributed by atoms with Crippen molar-refractivity contribution in [2.45, 2.75) is 25.3 Å². The Morgan fingerprint density at radius 2 is 2.05 bits per heavy atom. The Labute approximate surface area is 125 Å². The first-order valence-electron chi connectivity index (χ1n) is 7.54. The van der Waals surface area contributed by atoms with E-state index in [1.54, 1.807) is 7.05 Å². The van der Waals surface area contributed by atoms with Crippen LogP contribution in [0.2, 0.25) is 0 Å². The van der Waals surface area contributed by atoms with Gasteiger partial charge < -0.3 is 14.8 Å². The van der Waals surface area contributed by atoms with E-state index in [1.165, 1.54) is 0 Å². The van der Waals surface area contributed by atoms with Crippen LogP contribution in [0.3, 0.4) is 0 Å². The first kappa shape index (κ1) is 14.1. The van der Waals surface area contributed by atoms with Crippen LogP contribution in [0.1, 0.15) is 24.7 Å². The highest BCUT2D eigenvalue weighted by atomic mass is 16.1. The number of nitrogens with one attached hydrogen (secondary N) is 1. The van der Waals surface area contributed by atoms with E-state index in [1.807, 2.05) is 18.2 Å². The fourth-order valence-corrected chi connectivity index (χ4v) is 3.11. The van der Waals surface area contributed by atoms with Gasteiger partial charge in [-0.25, -0.2) is 4.98 Å². The smallest absolute Gasteiger partial charge is 0.227 e. The summed E-state index contributed by atoms with van der Waals surface area (Å²) in [4.78, 5) is 18.8. The van der Waals surface area contributed by atoms with E-state index in [4.69, 9.17) is 0 Å². The van der Waals surface area contributed by atoms with Crippen LogP contribution in [-0.4, -0.2) is 47.5 Å². The number of imidazole rings is 1. The van der Waals surface area contributed by atoms with Gasteiger partial charge in [-0.05, 0) is 45.1 Å². The minimum Gasteiger partial charge on any atom is -0.359 e. The molecule has 0 radical (unpaired) electrons. The van der Waals surface area contributed by atoms with Crippen molar-refractivity contribution >= 4 is 16.9 Å². The summed E-state index contributed by atoms with van der Waals surface area (Å²) in [6, 6.07) is 8.60. The third-order valence-corrected chi connectivity index (χ3v) is 4.32. The lowest BCUT2D eigenvalue weighted by atomic mass is 10.0. The molecule has 1 N–H and O–H groups in total. The Kier molecular flexibility index (Phi) is 3.92. The highest BCUT2D eigenvalue weighted by molar-refractivity contribution is 5.81. The van der Waals surface area contributed by atoms with Gasteiger partial charge in [0.2, 0.25) is 5.91 Å². The van der Waals surface area contributed by atoms with E-state index in [0.717, 1.165) is 42.8 Å². The van der Waals surface area contributed by atoms with Crippen molar-refractivity contribution < 1.29 is 4.79 Å². The third-order valence-electron chi connectivity index (χ3n) is 4.32. The quantitative estimate of drug-likeness (QED) is 0.932. The maximum Gasteiger partial charge on any atom is 0.227 e. The zero-order valence-electron chi connectivity index (χ0n) is 12.7. The number of likely N-dealkylation sites (tertiary alicyclic amines) is 1. The number of nitrogens with zero attached hydrogens (tertiary/aromatic N) is 3. The van der Waals surface area contributed by atoms with Crippen LogP contribution in [-0.2, 0) is 11.2 Å². The number of benzene rings is 1. The van der Waals surface area contributed by atoms with Crippen molar-refractivity contribution in [1.82, 2.24) is 19.8 Å². The average molecular weight is 286 g/mol. The largest absolute Gasteiger partial charge is 0.359 e. The monoisotopic (exact) mass is 286 g/mol. The molecule has 0 atom stereocenters. The van der Waals surface area contributed by atoms with E-state index < -0.39 is 0 Å². The number of aromatic nitrogens is 2. The molecule has 2 aromatic rings. The number of carbonyl (C=O) groups excluding carboxylic acids is 1. The Balaban J connectivity index is 2.00. The van der Waals surface area contributed by atoms with Gasteiger partial charge in [0.15, 0.2) is 0 Å². The summed E-state index contributed by atoms with van der Waals surface area (Å²) in [5, 5.41) is 2.69. The van der Waals surface area contributed by atoms with Crippen LogP contribution in [0.4, 0.5) is 0 Å². The topological polar surface area (TPSA) is 50.2 Å². The second-order valence-corrected chi connectivity index (χ2v) is 5.77. The summed E-state index contributed by atoms with van der Waals surface area (Å²) in [6.45, 7) is 2.19. The number of rotatable bonds is 3. The minimum absolute atomic E-state index is 0.0134. The number of amides is 1. The molecular weight excluding hydrogens is 264 g/mol. The maximum atomic E-state index is 11.8. The molecule has 112 valence electrons. The Hall–Kier alpha value is -1.88. The second-order valence-electron chi connectivity index (χ2n) is 5.77. The number of fused-ring (bicyclic) bond motifs is 1. The van der Waals surface area contributed by atoms with E-state index in [2.05, 4.69) is 32.9 Å². The van der Waals surface area contributed by atoms with Crippen molar-refractivity contribution in [2.24, 2.45) is 0 Å². The fraction of sp³-hybridized carbons (Fsp3) is 0.500. The summed E-state index contributed by atoms with van der Waals surface area (Å²) in [5.41, 5.74) is 2.13. The number of carbonyl (C=O) groups is 1. The van der Waals surface area contributed by atoms with Gasteiger partial charge in [-0.1, -0.05) is 12.1 Å². The fourth-order valence-electron chi connectivity index (χ4n) is 3.11. The predicted molar refractivity (Wildman–Crippen MR) is 83.3 cm³/mol. The van der Waals surface area contributed by atoms with E-state index >= 15 is 0 Å². The summed E-state index contributed by atoms with van der Waals surface area (Å²) in [5.74, 6) is 0.893. The summed E-state index contributed by atoms with van der Waals surface area (Å²) in [6.07, 6.45) is 2.56. The van der Waals surface area contributed by atoms with Gasteiger partial charge in [0.25, 0.3) is 0 Å². The van der Waals surface area contributed by atoms with Gasteiger partial charge >= 0.3 is 0 Å². The first-order chi connectivity index (χ1) is 10.2. The van der Waals surface area contributed by atoms with Gasteiger partial charge in [-0.2, -0.15) is 0 Å². The number of piperidine rings is 1. The van der Waals surface area contributed by atoms with Crippen LogP contribution in [0, 0.1) is 0 Å². The molecule has 0 saturated carbocycles. The second kappa shape index (κ2) is 5.85. The first-order valence-corrected chi connectivity index (χ1v) is 7.54. The van der Waals surface area contributed by atoms with Gasteiger partial charge in [0.1, 0.15) is 5.82 Å². The van der Waals surface area contributed by atoms with Crippen molar-refractivity contribution in [3.8, 4) is 0 Å². The van der Waals surface area contributed by atoms with E-state index in [9.17, 15) is 4.79 Å². The van der Waals surface area contributed by atoms with Gasteiger partial charge in [0, 0.05) is 13.1 Å². The molecule has 1 fully saturated rings. The normalized spacial score (nSPS) is 17.2. The molecule has 5 heteroatoms. The minimum atomic E-state index is 0.0134. The molecule has 1 amide bonds. The molecule has 5 nitrogen and oxygen atoms in total.